The molecule has 0 rings (SSSR count). The van der Waals surface area contributed by atoms with Gasteiger partial charge in [-0.25, -0.2) is 4.79 Å². The topological polar surface area (TPSA) is 63.3 Å². The molecule has 0 heterocycles. The molecule has 0 aromatic rings. The smallest absolute Gasteiger partial charge is 0.428 e. The van der Waals surface area contributed by atoms with Crippen molar-refractivity contribution in [3.05, 3.63) is 0 Å². The van der Waals surface area contributed by atoms with E-state index in [1.165, 1.54) is 0 Å². The number of carbonyl (C=O) groups is 1. The van der Waals surface area contributed by atoms with Crippen LogP contribution in [0.4, 0.5) is 13.2 Å². The van der Waals surface area contributed by atoms with Crippen molar-refractivity contribution in [2.45, 2.75) is 11.7 Å². The molecule has 0 aromatic carbocycles. The van der Waals surface area contributed by atoms with Gasteiger partial charge in [0.05, 0.1) is 0 Å². The molecular formula is C5H4F3NO2. The molecular weight excluding hydrogens is 163 g/mol. The van der Waals surface area contributed by atoms with Crippen LogP contribution in [0.5, 0.6) is 0 Å². The lowest BCUT2D eigenvalue weighted by molar-refractivity contribution is -0.189. The van der Waals surface area contributed by atoms with E-state index in [4.69, 9.17) is 5.11 Å². The standard InChI is InChI=1S/C5H4F3NO2/c1-2-4(9,3(10)11)5(6,7)8/h1H,9H2,(H,10,11). The summed E-state index contributed by atoms with van der Waals surface area (Å²) in [6, 6.07) is 0. The van der Waals surface area contributed by atoms with E-state index < -0.39 is 17.7 Å². The number of carboxylic acids is 1. The molecule has 0 saturated carbocycles. The van der Waals surface area contributed by atoms with Gasteiger partial charge in [0, 0.05) is 0 Å². The molecule has 1 atom stereocenters. The van der Waals surface area contributed by atoms with Crippen LogP contribution in [-0.4, -0.2) is 22.8 Å². The van der Waals surface area contributed by atoms with Gasteiger partial charge in [0.15, 0.2) is 0 Å². The minimum atomic E-state index is -5.13. The summed E-state index contributed by atoms with van der Waals surface area (Å²) in [7, 11) is 0. The van der Waals surface area contributed by atoms with Crippen LogP contribution in [0.1, 0.15) is 0 Å². The van der Waals surface area contributed by atoms with Crippen LogP contribution >= 0.6 is 0 Å². The largest absolute Gasteiger partial charge is 0.479 e. The van der Waals surface area contributed by atoms with E-state index >= 15 is 0 Å². The molecule has 62 valence electrons. The number of nitrogens with two attached hydrogens (primary N) is 1. The average Bonchev–Trinajstić information content (AvgIpc) is 1.83. The number of halogens is 3. The molecule has 0 fully saturated rings. The van der Waals surface area contributed by atoms with Crippen LogP contribution in [0.25, 0.3) is 0 Å². The van der Waals surface area contributed by atoms with Crippen LogP contribution in [0, 0.1) is 12.3 Å². The average molecular weight is 167 g/mol. The first kappa shape index (κ1) is 9.78. The minimum Gasteiger partial charge on any atom is -0.479 e. The lowest BCUT2D eigenvalue weighted by Crippen LogP contribution is -2.58. The predicted octanol–water partition coefficient (Wildman–Crippen LogP) is -0.0360. The summed E-state index contributed by atoms with van der Waals surface area (Å²) in [5.41, 5.74) is 0.780. The van der Waals surface area contributed by atoms with Crippen molar-refractivity contribution in [3.63, 3.8) is 0 Å². The van der Waals surface area contributed by atoms with Crippen molar-refractivity contribution >= 4 is 5.97 Å². The zero-order chi connectivity index (χ0) is 9.28. The van der Waals surface area contributed by atoms with Gasteiger partial charge >= 0.3 is 12.1 Å². The molecule has 0 amide bonds. The van der Waals surface area contributed by atoms with Gasteiger partial charge in [-0.2, -0.15) is 13.2 Å². The molecule has 3 N–H and O–H groups in total. The molecule has 0 radical (unpaired) electrons. The first-order valence-corrected chi connectivity index (χ1v) is 2.32. The van der Waals surface area contributed by atoms with Gasteiger partial charge in [0.1, 0.15) is 0 Å². The maximum atomic E-state index is 11.7. The third-order valence-electron chi connectivity index (χ3n) is 1.01. The summed E-state index contributed by atoms with van der Waals surface area (Å²) >= 11 is 0. The molecule has 0 saturated heterocycles. The zero-order valence-electron chi connectivity index (χ0n) is 5.14. The SMILES string of the molecule is C#CC(N)(C(=O)O)C(F)(F)F. The van der Waals surface area contributed by atoms with Crippen LogP contribution in [-0.2, 0) is 4.79 Å². The Morgan fingerprint density at radius 1 is 1.55 bits per heavy atom. The van der Waals surface area contributed by atoms with E-state index in [9.17, 15) is 18.0 Å². The molecule has 0 aliphatic carbocycles. The van der Waals surface area contributed by atoms with Crippen molar-refractivity contribution in [1.29, 1.82) is 0 Å². The second-order valence-electron chi connectivity index (χ2n) is 1.76. The van der Waals surface area contributed by atoms with Gasteiger partial charge in [-0.1, -0.05) is 5.92 Å². The normalized spacial score (nSPS) is 16.6. The molecule has 6 heteroatoms. The summed E-state index contributed by atoms with van der Waals surface area (Å²) in [4.78, 5) is 9.91. The van der Waals surface area contributed by atoms with Crippen LogP contribution < -0.4 is 5.73 Å². The van der Waals surface area contributed by atoms with Gasteiger partial charge in [0.25, 0.3) is 5.54 Å². The molecule has 3 nitrogen and oxygen atoms in total. The van der Waals surface area contributed by atoms with Crippen molar-refractivity contribution < 1.29 is 23.1 Å². The molecule has 11 heavy (non-hydrogen) atoms. The quantitative estimate of drug-likeness (QED) is 0.539. The fourth-order valence-corrected chi connectivity index (χ4v) is 0.265. The summed E-state index contributed by atoms with van der Waals surface area (Å²) in [5.74, 6) is -1.31. The molecule has 0 spiro atoms. The highest BCUT2D eigenvalue weighted by molar-refractivity contribution is 5.83. The monoisotopic (exact) mass is 167 g/mol. The first-order chi connectivity index (χ1) is 4.75. The van der Waals surface area contributed by atoms with E-state index in [1.807, 2.05) is 0 Å². The number of hydrogen-bond acceptors (Lipinski definition) is 2. The first-order valence-electron chi connectivity index (χ1n) is 2.32. The third kappa shape index (κ3) is 1.43. The fourth-order valence-electron chi connectivity index (χ4n) is 0.265. The van der Waals surface area contributed by atoms with Gasteiger partial charge < -0.3 is 5.11 Å². The van der Waals surface area contributed by atoms with E-state index in [2.05, 4.69) is 12.2 Å². The van der Waals surface area contributed by atoms with E-state index in [0.717, 1.165) is 5.92 Å². The maximum Gasteiger partial charge on any atom is 0.428 e. The zero-order valence-corrected chi connectivity index (χ0v) is 5.14. The molecule has 0 aliphatic rings. The van der Waals surface area contributed by atoms with Crippen molar-refractivity contribution in [3.8, 4) is 12.3 Å². The van der Waals surface area contributed by atoms with Crippen molar-refractivity contribution in [2.24, 2.45) is 5.73 Å². The Kier molecular flexibility index (Phi) is 2.16. The number of terminal acetylenes is 1. The summed E-state index contributed by atoms with van der Waals surface area (Å²) in [6.45, 7) is 0. The Bertz CT molecular complexity index is 217. The number of alkyl halides is 3. The lowest BCUT2D eigenvalue weighted by Gasteiger charge is -2.20. The Morgan fingerprint density at radius 3 is 1.91 bits per heavy atom. The van der Waals surface area contributed by atoms with Crippen LogP contribution in [0.15, 0.2) is 0 Å². The molecule has 0 bridgehead atoms. The highest BCUT2D eigenvalue weighted by atomic mass is 19.4. The minimum absolute atomic E-state index is 0.971. The molecule has 0 aromatic heterocycles. The van der Waals surface area contributed by atoms with Crippen molar-refractivity contribution in [1.82, 2.24) is 0 Å². The maximum absolute atomic E-state index is 11.7. The van der Waals surface area contributed by atoms with Crippen molar-refractivity contribution in [2.75, 3.05) is 0 Å². The van der Waals surface area contributed by atoms with Crippen LogP contribution in [0.3, 0.4) is 0 Å². The van der Waals surface area contributed by atoms with Crippen LogP contribution in [0.2, 0.25) is 0 Å². The Morgan fingerprint density at radius 2 is 1.91 bits per heavy atom. The van der Waals surface area contributed by atoms with Gasteiger partial charge in [-0.3, -0.25) is 5.73 Å². The predicted molar refractivity (Wildman–Crippen MR) is 29.4 cm³/mol. The fraction of sp³-hybridized carbons (Fsp3) is 0.400. The third-order valence-corrected chi connectivity index (χ3v) is 1.01. The molecule has 0 aliphatic heterocycles. The van der Waals surface area contributed by atoms with Gasteiger partial charge in [0.2, 0.25) is 0 Å². The summed E-state index contributed by atoms with van der Waals surface area (Å²) < 4.78 is 35.1. The number of carboxylic acid groups (broad SMARTS) is 1. The van der Waals surface area contributed by atoms with E-state index in [1.54, 1.807) is 0 Å². The second kappa shape index (κ2) is 2.43. The van der Waals surface area contributed by atoms with E-state index in [-0.39, 0.29) is 0 Å². The second-order valence-corrected chi connectivity index (χ2v) is 1.76. The summed E-state index contributed by atoms with van der Waals surface area (Å²) in [6.07, 6.45) is -0.813. The number of rotatable bonds is 1. The van der Waals surface area contributed by atoms with E-state index in [0.29, 0.717) is 0 Å². The highest BCUT2D eigenvalue weighted by Gasteiger charge is 2.57. The molecule has 1 unspecified atom stereocenters. The number of aliphatic carboxylic acids is 1. The van der Waals surface area contributed by atoms with Gasteiger partial charge in [-0.15, -0.1) is 6.42 Å². The Hall–Kier alpha value is -1.22. The van der Waals surface area contributed by atoms with Gasteiger partial charge in [-0.05, 0) is 0 Å². The number of hydrogen-bond donors (Lipinski definition) is 2. The Balaban J connectivity index is 4.96. The Labute approximate surface area is 60.0 Å². The highest BCUT2D eigenvalue weighted by Crippen LogP contribution is 2.27. The summed E-state index contributed by atoms with van der Waals surface area (Å²) in [5, 5.41) is 7.98. The lowest BCUT2D eigenvalue weighted by atomic mass is 10.0.